The van der Waals surface area contributed by atoms with E-state index in [-0.39, 0.29) is 10.6 Å². The average Bonchev–Trinajstić information content (AvgIpc) is 3.05. The van der Waals surface area contributed by atoms with E-state index in [1.165, 1.54) is 12.1 Å². The summed E-state index contributed by atoms with van der Waals surface area (Å²) < 4.78 is 2.14. The first-order chi connectivity index (χ1) is 12.7. The third-order valence-electron chi connectivity index (χ3n) is 4.06. The van der Waals surface area contributed by atoms with Gasteiger partial charge in [-0.1, -0.05) is 54.2 Å². The average molecular weight is 361 g/mol. The Kier molecular flexibility index (Phi) is 4.41. The van der Waals surface area contributed by atoms with Gasteiger partial charge in [0.25, 0.3) is 5.69 Å². The van der Waals surface area contributed by atoms with Gasteiger partial charge < -0.3 is 0 Å². The molecule has 1 aromatic heterocycles. The van der Waals surface area contributed by atoms with Gasteiger partial charge in [-0.3, -0.25) is 14.7 Å². The molecule has 0 fully saturated rings. The van der Waals surface area contributed by atoms with E-state index in [0.29, 0.717) is 5.75 Å². The summed E-state index contributed by atoms with van der Waals surface area (Å²) in [7, 11) is 0. The molecule has 128 valence electrons. The van der Waals surface area contributed by atoms with Crippen LogP contribution in [0.3, 0.4) is 0 Å². The molecule has 6 heteroatoms. The van der Waals surface area contributed by atoms with Crippen LogP contribution in [0.25, 0.3) is 16.7 Å². The van der Waals surface area contributed by atoms with Gasteiger partial charge >= 0.3 is 0 Å². The van der Waals surface area contributed by atoms with Crippen molar-refractivity contribution in [2.45, 2.75) is 10.9 Å². The van der Waals surface area contributed by atoms with Crippen molar-refractivity contribution in [1.29, 1.82) is 0 Å². The molecule has 0 aliphatic heterocycles. The fourth-order valence-corrected chi connectivity index (χ4v) is 3.77. The van der Waals surface area contributed by atoms with Crippen molar-refractivity contribution < 1.29 is 4.92 Å². The Hall–Kier alpha value is -3.12. The van der Waals surface area contributed by atoms with E-state index >= 15 is 0 Å². The zero-order valence-corrected chi connectivity index (χ0v) is 14.6. The maximum Gasteiger partial charge on any atom is 0.269 e. The Bertz CT molecular complexity index is 1060. The number of nitro benzene ring substituents is 1. The van der Waals surface area contributed by atoms with Crippen molar-refractivity contribution in [1.82, 2.24) is 9.55 Å². The number of hydrogen-bond acceptors (Lipinski definition) is 4. The topological polar surface area (TPSA) is 61.0 Å². The third-order valence-corrected chi connectivity index (χ3v) is 5.07. The summed E-state index contributed by atoms with van der Waals surface area (Å²) >= 11 is 1.62. The number of aromatic nitrogens is 2. The smallest absolute Gasteiger partial charge is 0.269 e. The zero-order chi connectivity index (χ0) is 17.9. The number of para-hydroxylation sites is 3. The molecule has 3 aromatic carbocycles. The molecule has 0 amide bonds. The van der Waals surface area contributed by atoms with Gasteiger partial charge in [0, 0.05) is 23.6 Å². The minimum Gasteiger partial charge on any atom is -0.287 e. The summed E-state index contributed by atoms with van der Waals surface area (Å²) in [5.41, 5.74) is 4.20. The van der Waals surface area contributed by atoms with Gasteiger partial charge in [-0.05, 0) is 29.8 Å². The SMILES string of the molecule is O=[N+]([O-])c1ccc(CSc2nc3ccccc3n2-c2ccccc2)cc1. The minimum atomic E-state index is -0.383. The molecule has 0 bridgehead atoms. The van der Waals surface area contributed by atoms with Crippen LogP contribution in [-0.4, -0.2) is 14.5 Å². The molecule has 0 N–H and O–H groups in total. The molecule has 0 spiro atoms. The predicted molar refractivity (Wildman–Crippen MR) is 104 cm³/mol. The Morgan fingerprint density at radius 1 is 0.923 bits per heavy atom. The third kappa shape index (κ3) is 3.19. The van der Waals surface area contributed by atoms with Crippen LogP contribution < -0.4 is 0 Å². The molecule has 0 radical (unpaired) electrons. The van der Waals surface area contributed by atoms with Crippen LogP contribution in [0.4, 0.5) is 5.69 Å². The lowest BCUT2D eigenvalue weighted by Gasteiger charge is -2.09. The molecule has 0 aliphatic carbocycles. The molecule has 0 saturated carbocycles. The molecule has 1 heterocycles. The number of fused-ring (bicyclic) bond motifs is 1. The summed E-state index contributed by atoms with van der Waals surface area (Å²) in [5.74, 6) is 0.689. The summed E-state index contributed by atoms with van der Waals surface area (Å²) in [5, 5.41) is 11.7. The van der Waals surface area contributed by atoms with Crippen molar-refractivity contribution in [2.75, 3.05) is 0 Å². The Balaban J connectivity index is 1.67. The molecule has 0 unspecified atom stereocenters. The first-order valence-corrected chi connectivity index (χ1v) is 9.10. The fourth-order valence-electron chi connectivity index (χ4n) is 2.79. The summed E-state index contributed by atoms with van der Waals surface area (Å²) in [4.78, 5) is 15.2. The van der Waals surface area contributed by atoms with E-state index in [0.717, 1.165) is 27.4 Å². The van der Waals surface area contributed by atoms with E-state index in [1.54, 1.807) is 23.9 Å². The molecule has 0 aliphatic rings. The second kappa shape index (κ2) is 7.01. The number of imidazole rings is 1. The maximum atomic E-state index is 10.8. The quantitative estimate of drug-likeness (QED) is 0.277. The Morgan fingerprint density at radius 2 is 1.62 bits per heavy atom. The summed E-state index contributed by atoms with van der Waals surface area (Å²) in [6, 6.07) is 24.8. The van der Waals surface area contributed by atoms with E-state index in [2.05, 4.69) is 22.8 Å². The van der Waals surface area contributed by atoms with Gasteiger partial charge in [0.15, 0.2) is 5.16 Å². The number of hydrogen-bond donors (Lipinski definition) is 0. The van der Waals surface area contributed by atoms with Gasteiger partial charge in [0.05, 0.1) is 16.0 Å². The molecular weight excluding hydrogens is 346 g/mol. The second-order valence-electron chi connectivity index (χ2n) is 5.77. The number of thioether (sulfide) groups is 1. The number of rotatable bonds is 5. The lowest BCUT2D eigenvalue weighted by Crippen LogP contribution is -1.96. The van der Waals surface area contributed by atoms with Gasteiger partial charge in [-0.2, -0.15) is 0 Å². The van der Waals surface area contributed by atoms with Crippen LogP contribution in [0, 0.1) is 10.1 Å². The fraction of sp³-hybridized carbons (Fsp3) is 0.0500. The van der Waals surface area contributed by atoms with Crippen molar-refractivity contribution in [3.63, 3.8) is 0 Å². The molecule has 4 aromatic rings. The zero-order valence-electron chi connectivity index (χ0n) is 13.8. The molecular formula is C20H15N3O2S. The first-order valence-electron chi connectivity index (χ1n) is 8.11. The highest BCUT2D eigenvalue weighted by Gasteiger charge is 2.13. The lowest BCUT2D eigenvalue weighted by atomic mass is 10.2. The van der Waals surface area contributed by atoms with Crippen LogP contribution in [-0.2, 0) is 5.75 Å². The highest BCUT2D eigenvalue weighted by molar-refractivity contribution is 7.98. The Morgan fingerprint density at radius 3 is 2.35 bits per heavy atom. The number of benzene rings is 3. The van der Waals surface area contributed by atoms with Gasteiger partial charge in [-0.25, -0.2) is 4.98 Å². The van der Waals surface area contributed by atoms with Crippen molar-refractivity contribution >= 4 is 28.5 Å². The van der Waals surface area contributed by atoms with Crippen LogP contribution in [0.15, 0.2) is 84.0 Å². The van der Waals surface area contributed by atoms with Crippen molar-refractivity contribution in [3.8, 4) is 5.69 Å². The van der Waals surface area contributed by atoms with Crippen LogP contribution >= 0.6 is 11.8 Å². The maximum absolute atomic E-state index is 10.8. The van der Waals surface area contributed by atoms with Crippen LogP contribution in [0.1, 0.15) is 5.56 Å². The molecule has 5 nitrogen and oxygen atoms in total. The van der Waals surface area contributed by atoms with Gasteiger partial charge in [0.1, 0.15) is 0 Å². The van der Waals surface area contributed by atoms with E-state index in [1.807, 2.05) is 36.4 Å². The number of non-ortho nitro benzene ring substituents is 1. The molecule has 26 heavy (non-hydrogen) atoms. The first kappa shape index (κ1) is 16.4. The van der Waals surface area contributed by atoms with E-state index in [9.17, 15) is 10.1 Å². The Labute approximate surface area is 154 Å². The molecule has 0 atom stereocenters. The molecule has 0 saturated heterocycles. The van der Waals surface area contributed by atoms with Gasteiger partial charge in [0.2, 0.25) is 0 Å². The lowest BCUT2D eigenvalue weighted by molar-refractivity contribution is -0.384. The number of nitro groups is 1. The van der Waals surface area contributed by atoms with Gasteiger partial charge in [-0.15, -0.1) is 0 Å². The number of nitrogens with zero attached hydrogens (tertiary/aromatic N) is 3. The second-order valence-corrected chi connectivity index (χ2v) is 6.71. The van der Waals surface area contributed by atoms with Crippen LogP contribution in [0.5, 0.6) is 0 Å². The predicted octanol–water partition coefficient (Wildman–Crippen LogP) is 5.23. The van der Waals surface area contributed by atoms with E-state index < -0.39 is 0 Å². The largest absolute Gasteiger partial charge is 0.287 e. The minimum absolute atomic E-state index is 0.107. The molecule has 4 rings (SSSR count). The highest BCUT2D eigenvalue weighted by atomic mass is 32.2. The summed E-state index contributed by atoms with van der Waals surface area (Å²) in [6.45, 7) is 0. The summed E-state index contributed by atoms with van der Waals surface area (Å²) in [6.07, 6.45) is 0. The highest BCUT2D eigenvalue weighted by Crippen LogP contribution is 2.30. The van der Waals surface area contributed by atoms with E-state index in [4.69, 9.17) is 4.98 Å². The van der Waals surface area contributed by atoms with Crippen LogP contribution in [0.2, 0.25) is 0 Å². The van der Waals surface area contributed by atoms with Crippen molar-refractivity contribution in [2.24, 2.45) is 0 Å². The van der Waals surface area contributed by atoms with Crippen molar-refractivity contribution in [3.05, 3.63) is 94.5 Å². The standard InChI is InChI=1S/C20H15N3O2S/c24-23(25)17-12-10-15(11-13-17)14-26-20-21-18-8-4-5-9-19(18)22(20)16-6-2-1-3-7-16/h1-13H,14H2. The monoisotopic (exact) mass is 361 g/mol. The normalized spacial score (nSPS) is 10.9.